The normalized spacial score (nSPS) is 8.55. The SMILES string of the molecule is CC(=O)NCCNC(=N)NN. The van der Waals surface area contributed by atoms with Crippen molar-refractivity contribution >= 4 is 11.9 Å². The molecule has 6 heteroatoms. The number of hydrazine groups is 1. The highest BCUT2D eigenvalue weighted by Gasteiger charge is 1.91. The highest BCUT2D eigenvalue weighted by Crippen LogP contribution is 1.60. The van der Waals surface area contributed by atoms with Crippen LogP contribution in [-0.2, 0) is 4.79 Å². The molecule has 0 rings (SSSR count). The summed E-state index contributed by atoms with van der Waals surface area (Å²) in [5.74, 6) is 4.84. The fourth-order valence-electron chi connectivity index (χ4n) is 0.477. The van der Waals surface area contributed by atoms with Crippen LogP contribution >= 0.6 is 0 Å². The van der Waals surface area contributed by atoms with Crippen molar-refractivity contribution < 1.29 is 4.79 Å². The van der Waals surface area contributed by atoms with Gasteiger partial charge in [-0.3, -0.25) is 15.6 Å². The maximum absolute atomic E-state index is 10.3. The first kappa shape index (κ1) is 9.70. The number of nitrogens with two attached hydrogens (primary N) is 1. The lowest BCUT2D eigenvalue weighted by atomic mass is 10.6. The highest BCUT2D eigenvalue weighted by molar-refractivity contribution is 5.76. The lowest BCUT2D eigenvalue weighted by molar-refractivity contribution is -0.118. The molecule has 0 radical (unpaired) electrons. The predicted molar refractivity (Wildman–Crippen MR) is 41.7 cm³/mol. The molecule has 6 nitrogen and oxygen atoms in total. The molecular formula is C5H13N5O. The van der Waals surface area contributed by atoms with Crippen LogP contribution < -0.4 is 21.9 Å². The summed E-state index contributed by atoms with van der Waals surface area (Å²) >= 11 is 0. The molecule has 0 aromatic rings. The van der Waals surface area contributed by atoms with Gasteiger partial charge < -0.3 is 10.6 Å². The zero-order valence-electron chi connectivity index (χ0n) is 6.40. The molecule has 0 saturated carbocycles. The van der Waals surface area contributed by atoms with Gasteiger partial charge in [0.15, 0.2) is 0 Å². The highest BCUT2D eigenvalue weighted by atomic mass is 16.1. The minimum atomic E-state index is -0.0842. The summed E-state index contributed by atoms with van der Waals surface area (Å²) < 4.78 is 0. The van der Waals surface area contributed by atoms with Crippen LogP contribution in [0.1, 0.15) is 6.92 Å². The van der Waals surface area contributed by atoms with Crippen LogP contribution in [0.2, 0.25) is 0 Å². The second kappa shape index (κ2) is 5.48. The van der Waals surface area contributed by atoms with Gasteiger partial charge in [0.25, 0.3) is 0 Å². The van der Waals surface area contributed by atoms with Crippen LogP contribution in [0.25, 0.3) is 0 Å². The third-order valence-corrected chi connectivity index (χ3v) is 0.945. The monoisotopic (exact) mass is 159 g/mol. The number of carbonyl (C=O) groups excluding carboxylic acids is 1. The molecule has 0 aliphatic heterocycles. The lowest BCUT2D eigenvalue weighted by Crippen LogP contribution is -2.43. The molecule has 0 aromatic heterocycles. The van der Waals surface area contributed by atoms with Crippen molar-refractivity contribution in [3.63, 3.8) is 0 Å². The topological polar surface area (TPSA) is 103 Å². The number of nitrogens with one attached hydrogen (secondary N) is 4. The third kappa shape index (κ3) is 6.59. The first-order valence-electron chi connectivity index (χ1n) is 3.20. The number of hydrogen-bond donors (Lipinski definition) is 5. The Kier molecular flexibility index (Phi) is 4.83. The van der Waals surface area contributed by atoms with Gasteiger partial charge in [-0.25, -0.2) is 5.84 Å². The Morgan fingerprint density at radius 3 is 2.45 bits per heavy atom. The number of rotatable bonds is 3. The molecule has 6 N–H and O–H groups in total. The Morgan fingerprint density at radius 2 is 2.00 bits per heavy atom. The summed E-state index contributed by atoms with van der Waals surface area (Å²) in [6, 6.07) is 0. The molecule has 0 saturated heterocycles. The Morgan fingerprint density at radius 1 is 1.45 bits per heavy atom. The Balaban J connectivity index is 3.14. The van der Waals surface area contributed by atoms with Gasteiger partial charge >= 0.3 is 0 Å². The quantitative estimate of drug-likeness (QED) is 0.109. The first-order valence-corrected chi connectivity index (χ1v) is 3.20. The molecular weight excluding hydrogens is 146 g/mol. The van der Waals surface area contributed by atoms with E-state index >= 15 is 0 Å². The summed E-state index contributed by atoms with van der Waals surface area (Å²) in [6.07, 6.45) is 0. The van der Waals surface area contributed by atoms with E-state index in [1.165, 1.54) is 6.92 Å². The smallest absolute Gasteiger partial charge is 0.216 e. The molecule has 64 valence electrons. The lowest BCUT2D eigenvalue weighted by Gasteiger charge is -2.05. The third-order valence-electron chi connectivity index (χ3n) is 0.945. The van der Waals surface area contributed by atoms with E-state index in [9.17, 15) is 4.79 Å². The first-order chi connectivity index (χ1) is 5.16. The molecule has 0 unspecified atom stereocenters. The molecule has 0 bridgehead atoms. The van der Waals surface area contributed by atoms with Gasteiger partial charge in [-0.05, 0) is 0 Å². The standard InChI is InChI=1S/C5H13N5O/c1-4(11)8-2-3-9-5(6)10-7/h2-3,7H2,1H3,(H,8,11)(H3,6,9,10). The molecule has 0 atom stereocenters. The molecule has 0 aliphatic rings. The number of carbonyl (C=O) groups is 1. The molecule has 11 heavy (non-hydrogen) atoms. The van der Waals surface area contributed by atoms with E-state index in [-0.39, 0.29) is 11.9 Å². The van der Waals surface area contributed by atoms with Gasteiger partial charge in [0.2, 0.25) is 11.9 Å². The zero-order chi connectivity index (χ0) is 8.69. The summed E-state index contributed by atoms with van der Waals surface area (Å²) in [6.45, 7) is 2.41. The van der Waals surface area contributed by atoms with Crippen molar-refractivity contribution in [2.24, 2.45) is 5.84 Å². The van der Waals surface area contributed by atoms with Crippen LogP contribution in [0.5, 0.6) is 0 Å². The maximum Gasteiger partial charge on any atom is 0.216 e. The van der Waals surface area contributed by atoms with E-state index in [1.807, 2.05) is 0 Å². The van der Waals surface area contributed by atoms with Gasteiger partial charge in [0, 0.05) is 20.0 Å². The summed E-state index contributed by atoms with van der Waals surface area (Å²) in [5, 5.41) is 12.1. The van der Waals surface area contributed by atoms with Crippen molar-refractivity contribution in [2.75, 3.05) is 13.1 Å². The van der Waals surface area contributed by atoms with Crippen LogP contribution in [0.4, 0.5) is 0 Å². The van der Waals surface area contributed by atoms with Crippen LogP contribution in [0.3, 0.4) is 0 Å². The van der Waals surface area contributed by atoms with E-state index in [0.717, 1.165) is 0 Å². The fraction of sp³-hybridized carbons (Fsp3) is 0.600. The number of guanidine groups is 1. The number of hydrogen-bond acceptors (Lipinski definition) is 3. The molecule has 0 aliphatic carbocycles. The van der Waals surface area contributed by atoms with Gasteiger partial charge in [-0.1, -0.05) is 0 Å². The van der Waals surface area contributed by atoms with Crippen LogP contribution in [0.15, 0.2) is 0 Å². The number of amides is 1. The van der Waals surface area contributed by atoms with E-state index in [1.54, 1.807) is 0 Å². The molecule has 0 aromatic carbocycles. The fourth-order valence-corrected chi connectivity index (χ4v) is 0.477. The molecule has 0 fully saturated rings. The molecule has 0 spiro atoms. The van der Waals surface area contributed by atoms with Crippen molar-refractivity contribution in [3.8, 4) is 0 Å². The van der Waals surface area contributed by atoms with Crippen molar-refractivity contribution in [1.29, 1.82) is 5.41 Å². The zero-order valence-corrected chi connectivity index (χ0v) is 6.40. The Bertz CT molecular complexity index is 146. The largest absolute Gasteiger partial charge is 0.355 e. The van der Waals surface area contributed by atoms with Crippen molar-refractivity contribution in [3.05, 3.63) is 0 Å². The summed E-state index contributed by atoms with van der Waals surface area (Å²) in [7, 11) is 0. The minimum absolute atomic E-state index is 0.0374. The van der Waals surface area contributed by atoms with E-state index in [0.29, 0.717) is 13.1 Å². The van der Waals surface area contributed by atoms with Crippen LogP contribution in [-0.4, -0.2) is 25.0 Å². The van der Waals surface area contributed by atoms with E-state index in [2.05, 4.69) is 16.1 Å². The van der Waals surface area contributed by atoms with Crippen LogP contribution in [0, 0.1) is 5.41 Å². The molecule has 1 amide bonds. The van der Waals surface area contributed by atoms with Crippen molar-refractivity contribution in [2.45, 2.75) is 6.92 Å². The van der Waals surface area contributed by atoms with E-state index < -0.39 is 0 Å². The predicted octanol–water partition coefficient (Wildman–Crippen LogP) is -1.89. The van der Waals surface area contributed by atoms with Gasteiger partial charge in [0.1, 0.15) is 0 Å². The summed E-state index contributed by atoms with van der Waals surface area (Å²) in [4.78, 5) is 10.3. The second-order valence-electron chi connectivity index (χ2n) is 1.93. The Labute approximate surface area is 65.0 Å². The minimum Gasteiger partial charge on any atom is -0.355 e. The maximum atomic E-state index is 10.3. The van der Waals surface area contributed by atoms with E-state index in [4.69, 9.17) is 11.3 Å². The van der Waals surface area contributed by atoms with Crippen molar-refractivity contribution in [1.82, 2.24) is 16.1 Å². The average molecular weight is 159 g/mol. The average Bonchev–Trinajstić information content (AvgIpc) is 1.97. The van der Waals surface area contributed by atoms with Gasteiger partial charge in [-0.2, -0.15) is 0 Å². The van der Waals surface area contributed by atoms with Gasteiger partial charge in [-0.15, -0.1) is 0 Å². The molecule has 0 heterocycles. The summed E-state index contributed by atoms with van der Waals surface area (Å²) in [5.41, 5.74) is 2.11. The van der Waals surface area contributed by atoms with Gasteiger partial charge in [0.05, 0.1) is 0 Å². The second-order valence-corrected chi connectivity index (χ2v) is 1.93. The Hall–Kier alpha value is -1.30.